The van der Waals surface area contributed by atoms with Crippen molar-refractivity contribution in [2.24, 2.45) is 0 Å². The topological polar surface area (TPSA) is 74.2 Å². The van der Waals surface area contributed by atoms with Crippen molar-refractivity contribution in [1.82, 2.24) is 18.3 Å². The smallest absolute Gasteiger partial charge is 0.237 e. The molecule has 0 fully saturated rings. The molecule has 0 aliphatic rings. The molecule has 8 nitrogen and oxygen atoms in total. The predicted octanol–water partition coefficient (Wildman–Crippen LogP) is 18.9. The van der Waals surface area contributed by atoms with Gasteiger partial charge >= 0.3 is 0 Å². The van der Waals surface area contributed by atoms with Crippen molar-refractivity contribution in [2.45, 2.75) is 13.8 Å². The number of hydrogen-bond acceptors (Lipinski definition) is 3. The van der Waals surface area contributed by atoms with E-state index in [1.807, 2.05) is 30.3 Å². The van der Waals surface area contributed by atoms with Crippen molar-refractivity contribution in [2.75, 3.05) is 0 Å². The Morgan fingerprint density at radius 1 is 0.333 bits per heavy atom. The maximum Gasteiger partial charge on any atom is 0.237 e. The van der Waals surface area contributed by atoms with Crippen LogP contribution in [0.1, 0.15) is 16.7 Å². The lowest BCUT2D eigenvalue weighted by Gasteiger charge is -2.27. The van der Waals surface area contributed by atoms with Gasteiger partial charge in [0.15, 0.2) is 0 Å². The highest BCUT2D eigenvalue weighted by molar-refractivity contribution is 6.21. The summed E-state index contributed by atoms with van der Waals surface area (Å²) in [7, 11) is 0. The van der Waals surface area contributed by atoms with Crippen molar-refractivity contribution in [3.63, 3.8) is 0 Å². The lowest BCUT2D eigenvalue weighted by Crippen LogP contribution is -2.14. The summed E-state index contributed by atoms with van der Waals surface area (Å²) in [6.07, 6.45) is 0. The van der Waals surface area contributed by atoms with Crippen molar-refractivity contribution in [3.8, 4) is 28.8 Å². The van der Waals surface area contributed by atoms with Gasteiger partial charge in [-0.05, 0) is 98.8 Å². The number of hydrogen-bond donors (Lipinski definition) is 0. The van der Waals surface area contributed by atoms with Crippen LogP contribution in [0.5, 0.6) is 0 Å². The molecule has 0 aliphatic heterocycles. The molecule has 0 unspecified atom stereocenters. The number of fused-ring (bicyclic) bond motifs is 18. The number of benzene rings is 11. The SMILES string of the molecule is [C-]#[N+]c1c(-n2c3ccc(C)cc3c3cc4oc5ccccc5c4cc32)c(C#N)c(-n2c3ccccc3c3ccccc32)c(-n2c3ccc(C)cc3c3cc4oc5ccccc5c4cc32)c1-n1c2ccccc2c2ccccc21. The van der Waals surface area contributed by atoms with E-state index in [1.165, 1.54) is 0 Å². The maximum atomic E-state index is 12.7. The summed E-state index contributed by atoms with van der Waals surface area (Å²) < 4.78 is 22.4. The van der Waals surface area contributed by atoms with Gasteiger partial charge in [0.05, 0.1) is 79.0 Å². The fraction of sp³-hybridized carbons (Fsp3) is 0.0286. The second-order valence-electron chi connectivity index (χ2n) is 20.7. The first kappa shape index (κ1) is 42.5. The summed E-state index contributed by atoms with van der Waals surface area (Å²) in [6.45, 7) is 14.1. The Morgan fingerprint density at radius 2 is 0.692 bits per heavy atom. The molecule has 0 aliphatic carbocycles. The zero-order chi connectivity index (χ0) is 51.7. The van der Waals surface area contributed by atoms with Gasteiger partial charge in [0.1, 0.15) is 28.4 Å². The van der Waals surface area contributed by atoms with Gasteiger partial charge in [0.25, 0.3) is 0 Å². The number of furan rings is 2. The third-order valence-corrected chi connectivity index (χ3v) is 16.5. The van der Waals surface area contributed by atoms with Gasteiger partial charge in [-0.3, -0.25) is 0 Å². The Bertz CT molecular complexity index is 5380. The molecule has 78 heavy (non-hydrogen) atoms. The van der Waals surface area contributed by atoms with E-state index in [4.69, 9.17) is 13.7 Å². The second-order valence-corrected chi connectivity index (χ2v) is 20.7. The molecule has 17 rings (SSSR count). The Labute approximate surface area is 444 Å². The fourth-order valence-corrected chi connectivity index (χ4v) is 13.3. The second kappa shape index (κ2) is 15.4. The lowest BCUT2D eigenvalue weighted by atomic mass is 10.0. The minimum absolute atomic E-state index is 0.325. The molecule has 6 aromatic heterocycles. The number of nitrogens with zero attached hydrogens (tertiary/aromatic N) is 6. The van der Waals surface area contributed by atoms with E-state index in [2.05, 4.69) is 214 Å². The van der Waals surface area contributed by atoms with E-state index in [1.54, 1.807) is 0 Å². The van der Waals surface area contributed by atoms with Crippen LogP contribution in [-0.4, -0.2) is 18.3 Å². The highest BCUT2D eigenvalue weighted by atomic mass is 16.3. The van der Waals surface area contributed by atoms with Gasteiger partial charge in [0, 0.05) is 64.6 Å². The third kappa shape index (κ3) is 5.49. The largest absolute Gasteiger partial charge is 0.456 e. The predicted molar refractivity (Wildman–Crippen MR) is 319 cm³/mol. The van der Waals surface area contributed by atoms with Crippen LogP contribution in [0.3, 0.4) is 0 Å². The molecule has 8 heteroatoms. The van der Waals surface area contributed by atoms with Crippen LogP contribution in [0.2, 0.25) is 0 Å². The van der Waals surface area contributed by atoms with Crippen LogP contribution in [0, 0.1) is 31.8 Å². The molecule has 0 atom stereocenters. The van der Waals surface area contributed by atoms with Crippen LogP contribution in [0.15, 0.2) is 215 Å². The summed E-state index contributed by atoms with van der Waals surface area (Å²) in [5.41, 5.74) is 15.7. The Hall–Kier alpha value is -10.8. The third-order valence-electron chi connectivity index (χ3n) is 16.5. The lowest BCUT2D eigenvalue weighted by molar-refractivity contribution is 0.669. The number of para-hydroxylation sites is 6. The van der Waals surface area contributed by atoms with Crippen molar-refractivity contribution >= 4 is 137 Å². The van der Waals surface area contributed by atoms with Gasteiger partial charge in [0.2, 0.25) is 5.69 Å². The first-order valence-corrected chi connectivity index (χ1v) is 26.2. The highest BCUT2D eigenvalue weighted by Crippen LogP contribution is 2.53. The zero-order valence-electron chi connectivity index (χ0n) is 42.1. The Morgan fingerprint density at radius 3 is 1.13 bits per heavy atom. The van der Waals surface area contributed by atoms with Gasteiger partial charge in [-0.2, -0.15) is 5.26 Å². The molecule has 0 bridgehead atoms. The normalized spacial score (nSPS) is 12.2. The van der Waals surface area contributed by atoms with Crippen LogP contribution in [-0.2, 0) is 0 Å². The molecule has 0 amide bonds. The average molecular weight is 997 g/mol. The van der Waals surface area contributed by atoms with E-state index < -0.39 is 0 Å². The van der Waals surface area contributed by atoms with Crippen LogP contribution in [0.4, 0.5) is 5.69 Å². The van der Waals surface area contributed by atoms with E-state index in [9.17, 15) is 11.8 Å². The molecular weight excluding hydrogens is 957 g/mol. The quantitative estimate of drug-likeness (QED) is 0.165. The number of nitriles is 1. The first-order valence-electron chi connectivity index (χ1n) is 26.2. The van der Waals surface area contributed by atoms with E-state index >= 15 is 0 Å². The van der Waals surface area contributed by atoms with Gasteiger partial charge in [-0.15, -0.1) is 0 Å². The monoisotopic (exact) mass is 996 g/mol. The summed E-state index contributed by atoms with van der Waals surface area (Å²) in [5.74, 6) is 0. The average Bonchev–Trinajstić information content (AvgIpc) is 4.49. The summed E-state index contributed by atoms with van der Waals surface area (Å²) in [5, 5.41) is 24.7. The molecule has 0 spiro atoms. The van der Waals surface area contributed by atoms with E-state index in [-0.39, 0.29) is 0 Å². The van der Waals surface area contributed by atoms with Crippen molar-refractivity contribution in [3.05, 3.63) is 234 Å². The molecule has 11 aromatic carbocycles. The zero-order valence-corrected chi connectivity index (χ0v) is 42.1. The first-order chi connectivity index (χ1) is 38.4. The van der Waals surface area contributed by atoms with Gasteiger partial charge in [-0.1, -0.05) is 132 Å². The van der Waals surface area contributed by atoms with Gasteiger partial charge in [-0.25, -0.2) is 4.85 Å². The fourth-order valence-electron chi connectivity index (χ4n) is 13.3. The highest BCUT2D eigenvalue weighted by Gasteiger charge is 2.35. The summed E-state index contributed by atoms with van der Waals surface area (Å²) >= 11 is 0. The molecule has 6 heterocycles. The number of aromatic nitrogens is 4. The molecule has 0 radical (unpaired) electrons. The maximum absolute atomic E-state index is 12.7. The van der Waals surface area contributed by atoms with Crippen LogP contribution in [0.25, 0.3) is 159 Å². The molecule has 0 saturated heterocycles. The standard InChI is InChI=1S/C70H40N6O2/c1-39-28-30-58-47(32-39)49-36-64-51(45-20-8-14-26-62(45)77-64)34-60(49)75(58)67-53(38-71)68(73-54-22-10-4-16-41(54)42-17-5-11-23-55(42)73)70(69(66(67)72-3)74-56-24-12-6-18-43(56)44-19-7-13-25-57(44)74)76-59-31-29-40(2)33-48(59)50-37-65-52(35-61(50)76)46-21-9-15-27-63(46)78-65/h4-37H,1-2H3. The van der Waals surface area contributed by atoms with Crippen LogP contribution >= 0.6 is 0 Å². The minimum atomic E-state index is 0.325. The number of aryl methyl sites for hydroxylation is 2. The van der Waals surface area contributed by atoms with E-state index in [0.717, 1.165) is 142 Å². The van der Waals surface area contributed by atoms with Crippen molar-refractivity contribution in [1.29, 1.82) is 5.26 Å². The summed E-state index contributed by atoms with van der Waals surface area (Å²) in [6, 6.07) is 75.0. The molecule has 0 N–H and O–H groups in total. The molecule has 17 aromatic rings. The molecule has 362 valence electrons. The molecule has 0 saturated carbocycles. The van der Waals surface area contributed by atoms with Gasteiger partial charge < -0.3 is 27.1 Å². The Kier molecular flexibility index (Phi) is 8.40. The van der Waals surface area contributed by atoms with Crippen molar-refractivity contribution < 1.29 is 8.83 Å². The number of rotatable bonds is 4. The summed E-state index contributed by atoms with van der Waals surface area (Å²) in [4.78, 5) is 4.81. The molecular formula is C70H40N6O2. The van der Waals surface area contributed by atoms with Crippen LogP contribution < -0.4 is 0 Å². The Balaban J connectivity index is 1.19. The van der Waals surface area contributed by atoms with E-state index in [0.29, 0.717) is 34.0 Å². The minimum Gasteiger partial charge on any atom is -0.456 e.